The van der Waals surface area contributed by atoms with Crippen LogP contribution in [-0.4, -0.2) is 22.6 Å². The summed E-state index contributed by atoms with van der Waals surface area (Å²) in [6.45, 7) is 10.6. The Morgan fingerprint density at radius 3 is 2.67 bits per heavy atom. The molecule has 2 N–H and O–H groups in total. The minimum absolute atomic E-state index is 0.0983. The first-order chi connectivity index (χ1) is 8.40. The van der Waals surface area contributed by atoms with Crippen molar-refractivity contribution < 1.29 is 4.79 Å². The van der Waals surface area contributed by atoms with Gasteiger partial charge < -0.3 is 15.2 Å². The molecule has 1 aromatic rings. The van der Waals surface area contributed by atoms with Gasteiger partial charge in [-0.25, -0.2) is 0 Å². The Morgan fingerprint density at radius 1 is 1.39 bits per heavy atom. The highest BCUT2D eigenvalue weighted by Gasteiger charge is 2.12. The van der Waals surface area contributed by atoms with Crippen LogP contribution in [0.4, 0.5) is 0 Å². The number of rotatable bonds is 6. The van der Waals surface area contributed by atoms with E-state index in [-0.39, 0.29) is 11.4 Å². The summed E-state index contributed by atoms with van der Waals surface area (Å²) in [5.74, 6) is 0.0983. The number of carbonyl (C=O) groups excluding carboxylic acids is 1. The zero-order valence-electron chi connectivity index (χ0n) is 11.9. The lowest BCUT2D eigenvalue weighted by atomic mass is 10.1. The van der Waals surface area contributed by atoms with Crippen LogP contribution in [0.2, 0.25) is 0 Å². The number of nitrogens with one attached hydrogen (secondary N) is 2. The van der Waals surface area contributed by atoms with Crippen LogP contribution in [-0.2, 0) is 17.9 Å². The van der Waals surface area contributed by atoms with Crippen molar-refractivity contribution in [3.63, 3.8) is 0 Å². The fraction of sp³-hybridized carbons (Fsp3) is 0.643. The largest absolute Gasteiger partial charge is 0.354 e. The van der Waals surface area contributed by atoms with Crippen LogP contribution in [0.1, 0.15) is 39.7 Å². The highest BCUT2D eigenvalue weighted by molar-refractivity contribution is 5.76. The first kappa shape index (κ1) is 14.8. The standard InChI is InChI=1S/C14H25N3O/c1-5-17-9-7-12(11-17)10-15-8-6-13(18)16-14(2,3)4/h7,9,11,15H,5-6,8,10H2,1-4H3,(H,16,18). The van der Waals surface area contributed by atoms with Gasteiger partial charge in [0, 0.05) is 44.0 Å². The summed E-state index contributed by atoms with van der Waals surface area (Å²) < 4.78 is 2.14. The molecule has 0 radical (unpaired) electrons. The average Bonchev–Trinajstić information content (AvgIpc) is 2.70. The van der Waals surface area contributed by atoms with Gasteiger partial charge in [0.1, 0.15) is 0 Å². The number of nitrogens with zero attached hydrogens (tertiary/aromatic N) is 1. The fourth-order valence-electron chi connectivity index (χ4n) is 1.71. The first-order valence-corrected chi connectivity index (χ1v) is 6.57. The second kappa shape index (κ2) is 6.59. The summed E-state index contributed by atoms with van der Waals surface area (Å²) in [6.07, 6.45) is 4.72. The second-order valence-corrected chi connectivity index (χ2v) is 5.58. The maximum Gasteiger partial charge on any atom is 0.221 e. The Kier molecular flexibility index (Phi) is 5.41. The molecular formula is C14H25N3O. The third-order valence-electron chi connectivity index (χ3n) is 2.55. The van der Waals surface area contributed by atoms with Gasteiger partial charge in [0.05, 0.1) is 0 Å². The SMILES string of the molecule is CCn1ccc(CNCCC(=O)NC(C)(C)C)c1. The number of hydrogen-bond acceptors (Lipinski definition) is 2. The van der Waals surface area contributed by atoms with Crippen LogP contribution in [0.15, 0.2) is 18.5 Å². The van der Waals surface area contributed by atoms with Gasteiger partial charge in [0.15, 0.2) is 0 Å². The maximum absolute atomic E-state index is 11.6. The number of aryl methyl sites for hydroxylation is 1. The van der Waals surface area contributed by atoms with Crippen LogP contribution in [0.25, 0.3) is 0 Å². The molecule has 0 saturated heterocycles. The fourth-order valence-corrected chi connectivity index (χ4v) is 1.71. The van der Waals surface area contributed by atoms with Crippen molar-refractivity contribution in [1.82, 2.24) is 15.2 Å². The molecule has 0 aliphatic rings. The van der Waals surface area contributed by atoms with Gasteiger partial charge in [0.25, 0.3) is 0 Å². The molecular weight excluding hydrogens is 226 g/mol. The van der Waals surface area contributed by atoms with Crippen LogP contribution in [0.5, 0.6) is 0 Å². The zero-order valence-corrected chi connectivity index (χ0v) is 11.9. The smallest absolute Gasteiger partial charge is 0.221 e. The van der Waals surface area contributed by atoms with Crippen LogP contribution >= 0.6 is 0 Å². The zero-order chi connectivity index (χ0) is 13.6. The maximum atomic E-state index is 11.6. The van der Waals surface area contributed by atoms with Gasteiger partial charge in [-0.2, -0.15) is 0 Å². The van der Waals surface area contributed by atoms with E-state index >= 15 is 0 Å². The molecule has 0 atom stereocenters. The predicted molar refractivity (Wildman–Crippen MR) is 74.3 cm³/mol. The van der Waals surface area contributed by atoms with Crippen LogP contribution in [0.3, 0.4) is 0 Å². The minimum Gasteiger partial charge on any atom is -0.354 e. The second-order valence-electron chi connectivity index (χ2n) is 5.58. The predicted octanol–water partition coefficient (Wildman–Crippen LogP) is 1.90. The van der Waals surface area contributed by atoms with Crippen molar-refractivity contribution in [3.8, 4) is 0 Å². The molecule has 0 fully saturated rings. The van der Waals surface area contributed by atoms with Gasteiger partial charge >= 0.3 is 0 Å². The molecule has 0 unspecified atom stereocenters. The lowest BCUT2D eigenvalue weighted by molar-refractivity contribution is -0.122. The first-order valence-electron chi connectivity index (χ1n) is 6.57. The lowest BCUT2D eigenvalue weighted by Gasteiger charge is -2.20. The molecule has 1 heterocycles. The van der Waals surface area contributed by atoms with Gasteiger partial charge in [-0.05, 0) is 39.3 Å². The molecule has 4 nitrogen and oxygen atoms in total. The Balaban J connectivity index is 2.17. The van der Waals surface area contributed by atoms with E-state index in [0.29, 0.717) is 13.0 Å². The summed E-state index contributed by atoms with van der Waals surface area (Å²) in [5, 5.41) is 6.23. The van der Waals surface area contributed by atoms with Gasteiger partial charge in [-0.15, -0.1) is 0 Å². The molecule has 1 rings (SSSR count). The van der Waals surface area contributed by atoms with Crippen molar-refractivity contribution in [1.29, 1.82) is 0 Å². The molecule has 0 spiro atoms. The Bertz CT molecular complexity index is 377. The molecule has 0 aliphatic carbocycles. The van der Waals surface area contributed by atoms with E-state index in [2.05, 4.69) is 40.6 Å². The van der Waals surface area contributed by atoms with E-state index in [1.807, 2.05) is 20.8 Å². The van der Waals surface area contributed by atoms with E-state index < -0.39 is 0 Å². The molecule has 0 aliphatic heterocycles. The van der Waals surface area contributed by atoms with E-state index in [4.69, 9.17) is 0 Å². The molecule has 102 valence electrons. The third kappa shape index (κ3) is 5.87. The number of hydrogen-bond donors (Lipinski definition) is 2. The third-order valence-corrected chi connectivity index (χ3v) is 2.55. The normalized spacial score (nSPS) is 11.6. The van der Waals surface area contributed by atoms with Crippen molar-refractivity contribution in [3.05, 3.63) is 24.0 Å². The molecule has 0 saturated carbocycles. The van der Waals surface area contributed by atoms with Gasteiger partial charge in [-0.1, -0.05) is 0 Å². The van der Waals surface area contributed by atoms with Crippen molar-refractivity contribution in [2.24, 2.45) is 0 Å². The Labute approximate surface area is 110 Å². The number of aromatic nitrogens is 1. The summed E-state index contributed by atoms with van der Waals surface area (Å²) in [6, 6.07) is 2.10. The van der Waals surface area contributed by atoms with E-state index in [9.17, 15) is 4.79 Å². The van der Waals surface area contributed by atoms with E-state index in [1.165, 1.54) is 5.56 Å². The monoisotopic (exact) mass is 251 g/mol. The highest BCUT2D eigenvalue weighted by atomic mass is 16.1. The number of amides is 1. The van der Waals surface area contributed by atoms with Gasteiger partial charge in [-0.3, -0.25) is 4.79 Å². The molecule has 0 bridgehead atoms. The quantitative estimate of drug-likeness (QED) is 0.759. The Hall–Kier alpha value is -1.29. The summed E-state index contributed by atoms with van der Waals surface area (Å²) in [7, 11) is 0. The minimum atomic E-state index is -0.143. The molecule has 0 aromatic carbocycles. The average molecular weight is 251 g/mol. The topological polar surface area (TPSA) is 46.1 Å². The van der Waals surface area contributed by atoms with E-state index in [1.54, 1.807) is 0 Å². The Morgan fingerprint density at radius 2 is 2.11 bits per heavy atom. The lowest BCUT2D eigenvalue weighted by Crippen LogP contribution is -2.41. The summed E-state index contributed by atoms with van der Waals surface area (Å²) in [4.78, 5) is 11.6. The summed E-state index contributed by atoms with van der Waals surface area (Å²) in [5.41, 5.74) is 1.11. The van der Waals surface area contributed by atoms with Crippen molar-refractivity contribution in [2.75, 3.05) is 6.54 Å². The molecule has 1 aromatic heterocycles. The van der Waals surface area contributed by atoms with Gasteiger partial charge in [0.2, 0.25) is 5.91 Å². The molecule has 1 amide bonds. The highest BCUT2D eigenvalue weighted by Crippen LogP contribution is 2.01. The van der Waals surface area contributed by atoms with Crippen LogP contribution in [0, 0.1) is 0 Å². The van der Waals surface area contributed by atoms with Crippen LogP contribution < -0.4 is 10.6 Å². The van der Waals surface area contributed by atoms with Crippen molar-refractivity contribution >= 4 is 5.91 Å². The molecule has 4 heteroatoms. The van der Waals surface area contributed by atoms with E-state index in [0.717, 1.165) is 13.1 Å². The number of carbonyl (C=O) groups is 1. The summed E-state index contributed by atoms with van der Waals surface area (Å²) >= 11 is 0. The van der Waals surface area contributed by atoms with Crippen molar-refractivity contribution in [2.45, 2.75) is 52.7 Å². The molecule has 18 heavy (non-hydrogen) atoms.